The van der Waals surface area contributed by atoms with E-state index in [2.05, 4.69) is 20.4 Å². The van der Waals surface area contributed by atoms with Gasteiger partial charge in [-0.1, -0.05) is 29.8 Å². The lowest BCUT2D eigenvalue weighted by Gasteiger charge is -2.08. The van der Waals surface area contributed by atoms with E-state index < -0.39 is 0 Å². The molecular weight excluding hydrogens is 322 g/mol. The maximum Gasteiger partial charge on any atom is 0.165 e. The lowest BCUT2D eigenvalue weighted by molar-refractivity contribution is 0.917. The molecule has 0 aliphatic heterocycles. The van der Waals surface area contributed by atoms with Crippen LogP contribution in [0.1, 0.15) is 5.69 Å². The predicted octanol–water partition coefficient (Wildman–Crippen LogP) is 4.06. The number of rotatable bonds is 4. The van der Waals surface area contributed by atoms with E-state index in [0.717, 1.165) is 28.3 Å². The fourth-order valence-electron chi connectivity index (χ4n) is 2.54. The van der Waals surface area contributed by atoms with Crippen LogP contribution in [0.5, 0.6) is 0 Å². The molecule has 0 radical (unpaired) electrons. The van der Waals surface area contributed by atoms with Gasteiger partial charge < -0.3 is 5.32 Å². The SMILES string of the molecule is Clc1ccc(-c2cnn3c(NCc4ccccn4)ccnc23)cc1. The van der Waals surface area contributed by atoms with E-state index in [0.29, 0.717) is 11.6 Å². The number of hydrogen-bond donors (Lipinski definition) is 1. The van der Waals surface area contributed by atoms with E-state index in [1.807, 2.05) is 54.7 Å². The Labute approximate surface area is 144 Å². The van der Waals surface area contributed by atoms with Gasteiger partial charge in [0.15, 0.2) is 5.65 Å². The number of hydrogen-bond acceptors (Lipinski definition) is 4. The van der Waals surface area contributed by atoms with Gasteiger partial charge in [0, 0.05) is 23.0 Å². The van der Waals surface area contributed by atoms with Crippen molar-refractivity contribution >= 4 is 23.1 Å². The maximum absolute atomic E-state index is 5.96. The van der Waals surface area contributed by atoms with Crippen molar-refractivity contribution in [2.45, 2.75) is 6.54 Å². The highest BCUT2D eigenvalue weighted by atomic mass is 35.5. The first-order chi connectivity index (χ1) is 11.8. The van der Waals surface area contributed by atoms with Crippen LogP contribution in [0.2, 0.25) is 5.02 Å². The molecule has 0 aliphatic carbocycles. The van der Waals surface area contributed by atoms with Crippen LogP contribution in [0.25, 0.3) is 16.8 Å². The van der Waals surface area contributed by atoms with Crippen LogP contribution in [-0.2, 0) is 6.54 Å². The van der Waals surface area contributed by atoms with Crippen molar-refractivity contribution in [2.24, 2.45) is 0 Å². The summed E-state index contributed by atoms with van der Waals surface area (Å²) in [5.74, 6) is 0.867. The number of anilines is 1. The molecule has 0 spiro atoms. The highest BCUT2D eigenvalue weighted by molar-refractivity contribution is 6.30. The molecule has 0 atom stereocenters. The number of pyridine rings is 1. The van der Waals surface area contributed by atoms with Crippen LogP contribution in [-0.4, -0.2) is 19.6 Å². The van der Waals surface area contributed by atoms with E-state index >= 15 is 0 Å². The molecule has 3 heterocycles. The Kier molecular flexibility index (Phi) is 3.84. The number of aromatic nitrogens is 4. The van der Waals surface area contributed by atoms with Gasteiger partial charge in [0.1, 0.15) is 5.82 Å². The van der Waals surface area contributed by atoms with Gasteiger partial charge in [-0.3, -0.25) is 4.98 Å². The molecule has 0 fully saturated rings. The third-order valence-electron chi connectivity index (χ3n) is 3.73. The van der Waals surface area contributed by atoms with E-state index in [1.165, 1.54) is 0 Å². The average Bonchev–Trinajstić information content (AvgIpc) is 3.06. The highest BCUT2D eigenvalue weighted by Gasteiger charge is 2.10. The second-order valence-electron chi connectivity index (χ2n) is 5.31. The minimum Gasteiger partial charge on any atom is -0.364 e. The molecule has 24 heavy (non-hydrogen) atoms. The van der Waals surface area contributed by atoms with Gasteiger partial charge in [-0.15, -0.1) is 0 Å². The second-order valence-corrected chi connectivity index (χ2v) is 5.74. The fraction of sp³-hybridized carbons (Fsp3) is 0.0556. The molecule has 0 amide bonds. The summed E-state index contributed by atoms with van der Waals surface area (Å²) in [6.45, 7) is 0.621. The summed E-state index contributed by atoms with van der Waals surface area (Å²) < 4.78 is 1.80. The van der Waals surface area contributed by atoms with Crippen LogP contribution in [0.3, 0.4) is 0 Å². The molecule has 5 nitrogen and oxygen atoms in total. The minimum absolute atomic E-state index is 0.621. The summed E-state index contributed by atoms with van der Waals surface area (Å²) >= 11 is 5.96. The Morgan fingerprint density at radius 2 is 1.83 bits per heavy atom. The molecule has 0 aliphatic rings. The highest BCUT2D eigenvalue weighted by Crippen LogP contribution is 2.26. The monoisotopic (exact) mass is 335 g/mol. The predicted molar refractivity (Wildman–Crippen MR) is 95.0 cm³/mol. The first-order valence-corrected chi connectivity index (χ1v) is 7.91. The lowest BCUT2D eigenvalue weighted by atomic mass is 10.1. The molecule has 1 aromatic carbocycles. The Hall–Kier alpha value is -2.92. The number of benzene rings is 1. The fourth-order valence-corrected chi connectivity index (χ4v) is 2.67. The molecule has 6 heteroatoms. The second kappa shape index (κ2) is 6.29. The van der Waals surface area contributed by atoms with Gasteiger partial charge in [0.05, 0.1) is 18.4 Å². The van der Waals surface area contributed by atoms with Crippen molar-refractivity contribution in [3.8, 4) is 11.1 Å². The summed E-state index contributed by atoms with van der Waals surface area (Å²) in [4.78, 5) is 8.78. The van der Waals surface area contributed by atoms with Gasteiger partial charge in [0.25, 0.3) is 0 Å². The summed E-state index contributed by atoms with van der Waals surface area (Å²) in [7, 11) is 0. The van der Waals surface area contributed by atoms with E-state index in [1.54, 1.807) is 16.9 Å². The molecule has 4 rings (SSSR count). The standard InChI is InChI=1S/C18H14ClN5/c19-14-6-4-13(5-7-14)16-12-23-24-17(8-10-21-18(16)24)22-11-15-3-1-2-9-20-15/h1-10,12,22H,11H2. The van der Waals surface area contributed by atoms with E-state index in [-0.39, 0.29) is 0 Å². The zero-order valence-corrected chi connectivity index (χ0v) is 13.5. The molecule has 1 N–H and O–H groups in total. The minimum atomic E-state index is 0.621. The molecule has 118 valence electrons. The Morgan fingerprint density at radius 1 is 0.958 bits per heavy atom. The number of halogens is 1. The van der Waals surface area contributed by atoms with Gasteiger partial charge >= 0.3 is 0 Å². The molecular formula is C18H14ClN5. The molecule has 0 saturated heterocycles. The van der Waals surface area contributed by atoms with Gasteiger partial charge in [-0.2, -0.15) is 9.61 Å². The number of nitrogens with zero attached hydrogens (tertiary/aromatic N) is 4. The number of nitrogens with one attached hydrogen (secondary N) is 1. The zero-order valence-electron chi connectivity index (χ0n) is 12.7. The topological polar surface area (TPSA) is 55.1 Å². The summed E-state index contributed by atoms with van der Waals surface area (Å²) in [5, 5.41) is 8.53. The van der Waals surface area contributed by atoms with Crippen LogP contribution < -0.4 is 5.32 Å². The molecule has 0 bridgehead atoms. The summed E-state index contributed by atoms with van der Waals surface area (Å²) in [6.07, 6.45) is 5.38. The van der Waals surface area contributed by atoms with Crippen LogP contribution in [0.4, 0.5) is 5.82 Å². The van der Waals surface area contributed by atoms with Crippen molar-refractivity contribution in [1.82, 2.24) is 19.6 Å². The summed E-state index contributed by atoms with van der Waals surface area (Å²) in [5.41, 5.74) is 3.76. The normalized spacial score (nSPS) is 10.9. The van der Waals surface area contributed by atoms with Crippen molar-refractivity contribution in [3.05, 3.63) is 77.8 Å². The third kappa shape index (κ3) is 2.81. The van der Waals surface area contributed by atoms with E-state index in [4.69, 9.17) is 11.6 Å². The molecule has 0 unspecified atom stereocenters. The van der Waals surface area contributed by atoms with Crippen LogP contribution in [0.15, 0.2) is 67.1 Å². The smallest absolute Gasteiger partial charge is 0.165 e. The molecule has 3 aromatic heterocycles. The van der Waals surface area contributed by atoms with Crippen molar-refractivity contribution in [2.75, 3.05) is 5.32 Å². The Morgan fingerprint density at radius 3 is 2.62 bits per heavy atom. The van der Waals surface area contributed by atoms with Gasteiger partial charge in [0.2, 0.25) is 0 Å². The number of fused-ring (bicyclic) bond motifs is 1. The first-order valence-electron chi connectivity index (χ1n) is 7.54. The Balaban J connectivity index is 1.67. The van der Waals surface area contributed by atoms with Crippen molar-refractivity contribution < 1.29 is 0 Å². The Bertz CT molecular complexity index is 964. The first kappa shape index (κ1) is 14.7. The maximum atomic E-state index is 5.96. The largest absolute Gasteiger partial charge is 0.364 e. The molecule has 4 aromatic rings. The zero-order chi connectivity index (χ0) is 16.4. The quantitative estimate of drug-likeness (QED) is 0.611. The van der Waals surface area contributed by atoms with E-state index in [9.17, 15) is 0 Å². The van der Waals surface area contributed by atoms with Gasteiger partial charge in [-0.25, -0.2) is 4.98 Å². The van der Waals surface area contributed by atoms with Crippen molar-refractivity contribution in [1.29, 1.82) is 0 Å². The van der Waals surface area contributed by atoms with Crippen LogP contribution >= 0.6 is 11.6 Å². The van der Waals surface area contributed by atoms with Crippen LogP contribution in [0, 0.1) is 0 Å². The van der Waals surface area contributed by atoms with Crippen molar-refractivity contribution in [3.63, 3.8) is 0 Å². The average molecular weight is 336 g/mol. The lowest BCUT2D eigenvalue weighted by Crippen LogP contribution is -2.06. The van der Waals surface area contributed by atoms with Gasteiger partial charge in [-0.05, 0) is 35.9 Å². The molecule has 0 saturated carbocycles. The summed E-state index contributed by atoms with van der Waals surface area (Å²) in [6, 6.07) is 15.4. The third-order valence-corrected chi connectivity index (χ3v) is 3.99.